The van der Waals surface area contributed by atoms with Gasteiger partial charge in [0.15, 0.2) is 0 Å². The largest absolute Gasteiger partial charge is 0.363 e. The fourth-order valence-electron chi connectivity index (χ4n) is 1.65. The maximum atomic E-state index is 4.36. The number of hydrazone groups is 1. The molecule has 1 atom stereocenters. The predicted octanol–water partition coefficient (Wildman–Crippen LogP) is 3.18. The number of nitrogens with zero attached hydrogens (tertiary/aromatic N) is 2. The summed E-state index contributed by atoms with van der Waals surface area (Å²) in [5, 5.41) is 6.37. The van der Waals surface area contributed by atoms with Crippen LogP contribution < -0.4 is 0 Å². The molecule has 3 heteroatoms. The van der Waals surface area contributed by atoms with Gasteiger partial charge in [0.1, 0.15) is 0 Å². The van der Waals surface area contributed by atoms with E-state index in [9.17, 15) is 0 Å². The van der Waals surface area contributed by atoms with Gasteiger partial charge in [0.2, 0.25) is 0 Å². The van der Waals surface area contributed by atoms with Crippen molar-refractivity contribution in [3.8, 4) is 0 Å². The van der Waals surface area contributed by atoms with Crippen LogP contribution in [0.1, 0.15) is 45.3 Å². The number of nitrogens with one attached hydrogen (secondary N) is 1. The van der Waals surface area contributed by atoms with E-state index in [1.165, 1.54) is 17.8 Å². The summed E-state index contributed by atoms with van der Waals surface area (Å²) in [6.45, 7) is 6.32. The van der Waals surface area contributed by atoms with E-state index in [-0.39, 0.29) is 0 Å². The van der Waals surface area contributed by atoms with Crippen LogP contribution in [0.3, 0.4) is 0 Å². The van der Waals surface area contributed by atoms with Gasteiger partial charge in [0.25, 0.3) is 0 Å². The van der Waals surface area contributed by atoms with Crippen molar-refractivity contribution in [2.75, 3.05) is 7.05 Å². The summed E-state index contributed by atoms with van der Waals surface area (Å²) < 4.78 is 0. The van der Waals surface area contributed by atoms with Crippen LogP contribution in [-0.2, 0) is 0 Å². The average molecular weight is 207 g/mol. The standard InChI is InChI=1S/C9H13N3.C3H8/c1-7-6-9(12(2)11-7)8-4-3-5-10-8;1-3-2/h3-5,9-10H,6H2,1-2H3;3H2,1-2H3. The molecule has 0 spiro atoms. The highest BCUT2D eigenvalue weighted by Gasteiger charge is 2.22. The Kier molecular flexibility index (Phi) is 4.40. The molecule has 1 aliphatic heterocycles. The molecule has 1 unspecified atom stereocenters. The summed E-state index contributed by atoms with van der Waals surface area (Å²) in [7, 11) is 2.02. The maximum Gasteiger partial charge on any atom is 0.0917 e. The van der Waals surface area contributed by atoms with Gasteiger partial charge in [-0.25, -0.2) is 0 Å². The van der Waals surface area contributed by atoms with E-state index in [1.807, 2.05) is 24.3 Å². The molecule has 15 heavy (non-hydrogen) atoms. The topological polar surface area (TPSA) is 31.4 Å². The molecule has 3 nitrogen and oxygen atoms in total. The molecule has 1 aliphatic rings. The van der Waals surface area contributed by atoms with Crippen LogP contribution in [0.2, 0.25) is 0 Å². The molecule has 0 aromatic carbocycles. The summed E-state index contributed by atoms with van der Waals surface area (Å²) in [4.78, 5) is 3.22. The number of aromatic amines is 1. The summed E-state index contributed by atoms with van der Waals surface area (Å²) in [5.74, 6) is 0. The van der Waals surface area contributed by atoms with E-state index in [4.69, 9.17) is 0 Å². The zero-order valence-corrected chi connectivity index (χ0v) is 10.1. The van der Waals surface area contributed by atoms with Crippen LogP contribution >= 0.6 is 0 Å². The van der Waals surface area contributed by atoms with E-state index in [2.05, 4.69) is 36.9 Å². The van der Waals surface area contributed by atoms with Crippen molar-refractivity contribution >= 4 is 5.71 Å². The number of rotatable bonds is 1. The summed E-state index contributed by atoms with van der Waals surface area (Å²) in [5.41, 5.74) is 2.45. The number of hydrogen-bond acceptors (Lipinski definition) is 2. The molecule has 84 valence electrons. The molecule has 0 saturated heterocycles. The minimum absolute atomic E-state index is 0.417. The minimum Gasteiger partial charge on any atom is -0.363 e. The van der Waals surface area contributed by atoms with Gasteiger partial charge in [-0.05, 0) is 19.1 Å². The van der Waals surface area contributed by atoms with Crippen LogP contribution in [0.4, 0.5) is 0 Å². The van der Waals surface area contributed by atoms with Gasteiger partial charge in [-0.3, -0.25) is 5.01 Å². The molecule has 2 heterocycles. The van der Waals surface area contributed by atoms with Gasteiger partial charge in [-0.2, -0.15) is 5.10 Å². The number of hydrogen-bond donors (Lipinski definition) is 1. The van der Waals surface area contributed by atoms with Gasteiger partial charge >= 0.3 is 0 Å². The second-order valence-corrected chi connectivity index (χ2v) is 3.96. The highest BCUT2D eigenvalue weighted by atomic mass is 15.5. The third kappa shape index (κ3) is 3.11. The lowest BCUT2D eigenvalue weighted by Gasteiger charge is -2.16. The van der Waals surface area contributed by atoms with Crippen molar-refractivity contribution in [2.45, 2.75) is 39.7 Å². The van der Waals surface area contributed by atoms with Crippen LogP contribution in [0, 0.1) is 0 Å². The van der Waals surface area contributed by atoms with Crippen LogP contribution in [0.25, 0.3) is 0 Å². The van der Waals surface area contributed by atoms with Crippen molar-refractivity contribution in [2.24, 2.45) is 5.10 Å². The fraction of sp³-hybridized carbons (Fsp3) is 0.583. The third-order valence-electron chi connectivity index (χ3n) is 2.25. The second kappa shape index (κ2) is 5.59. The Morgan fingerprint density at radius 2 is 2.20 bits per heavy atom. The van der Waals surface area contributed by atoms with Gasteiger partial charge in [-0.15, -0.1) is 0 Å². The Morgan fingerprint density at radius 3 is 2.60 bits per heavy atom. The lowest BCUT2D eigenvalue weighted by molar-refractivity contribution is 0.285. The second-order valence-electron chi connectivity index (χ2n) is 3.96. The van der Waals surface area contributed by atoms with Gasteiger partial charge < -0.3 is 4.98 Å². The van der Waals surface area contributed by atoms with Gasteiger partial charge in [0.05, 0.1) is 6.04 Å². The molecule has 0 amide bonds. The zero-order valence-electron chi connectivity index (χ0n) is 10.1. The SMILES string of the molecule is CC1=NN(C)C(c2ccc[nH]2)C1.CCC. The Labute approximate surface area is 92.2 Å². The predicted molar refractivity (Wildman–Crippen MR) is 65.0 cm³/mol. The quantitative estimate of drug-likeness (QED) is 0.753. The fourth-order valence-corrected chi connectivity index (χ4v) is 1.65. The van der Waals surface area contributed by atoms with E-state index in [0.717, 1.165) is 6.42 Å². The molecule has 1 N–H and O–H groups in total. The lowest BCUT2D eigenvalue weighted by Crippen LogP contribution is -2.13. The maximum absolute atomic E-state index is 4.36. The van der Waals surface area contributed by atoms with E-state index >= 15 is 0 Å². The molecule has 1 aromatic rings. The van der Waals surface area contributed by atoms with Gasteiger partial charge in [0, 0.05) is 31.1 Å². The molecular formula is C12H21N3. The Hall–Kier alpha value is -1.25. The highest BCUT2D eigenvalue weighted by molar-refractivity contribution is 5.83. The Balaban J connectivity index is 0.000000337. The molecule has 1 aromatic heterocycles. The summed E-state index contributed by atoms with van der Waals surface area (Å²) >= 11 is 0. The minimum atomic E-state index is 0.417. The molecular weight excluding hydrogens is 186 g/mol. The first-order valence-electron chi connectivity index (χ1n) is 5.59. The van der Waals surface area contributed by atoms with Crippen molar-refractivity contribution < 1.29 is 0 Å². The summed E-state index contributed by atoms with van der Waals surface area (Å²) in [6, 6.07) is 4.55. The molecule has 0 bridgehead atoms. The van der Waals surface area contributed by atoms with Crippen molar-refractivity contribution in [3.05, 3.63) is 24.0 Å². The molecule has 2 rings (SSSR count). The first-order valence-corrected chi connectivity index (χ1v) is 5.59. The van der Waals surface area contributed by atoms with E-state index < -0.39 is 0 Å². The van der Waals surface area contributed by atoms with Crippen LogP contribution in [-0.4, -0.2) is 22.8 Å². The Bertz CT molecular complexity index is 301. The number of aromatic nitrogens is 1. The van der Waals surface area contributed by atoms with Gasteiger partial charge in [-0.1, -0.05) is 20.3 Å². The van der Waals surface area contributed by atoms with Crippen molar-refractivity contribution in [3.63, 3.8) is 0 Å². The van der Waals surface area contributed by atoms with Crippen molar-refractivity contribution in [1.82, 2.24) is 9.99 Å². The van der Waals surface area contributed by atoms with E-state index in [0.29, 0.717) is 6.04 Å². The first-order chi connectivity index (χ1) is 7.19. The van der Waals surface area contributed by atoms with Crippen molar-refractivity contribution in [1.29, 1.82) is 0 Å². The zero-order chi connectivity index (χ0) is 11.3. The highest BCUT2D eigenvalue weighted by Crippen LogP contribution is 2.27. The monoisotopic (exact) mass is 207 g/mol. The summed E-state index contributed by atoms with van der Waals surface area (Å²) in [6.07, 6.45) is 4.24. The molecule has 0 aliphatic carbocycles. The van der Waals surface area contributed by atoms with E-state index in [1.54, 1.807) is 0 Å². The molecule has 0 saturated carbocycles. The van der Waals surface area contributed by atoms with Crippen LogP contribution in [0.15, 0.2) is 23.4 Å². The normalized spacial score (nSPS) is 19.6. The Morgan fingerprint density at radius 1 is 1.53 bits per heavy atom. The average Bonchev–Trinajstić information content (AvgIpc) is 2.75. The van der Waals surface area contributed by atoms with Crippen LogP contribution in [0.5, 0.6) is 0 Å². The molecule has 0 fully saturated rings. The first kappa shape index (κ1) is 11.8. The number of H-pyrrole nitrogens is 1. The third-order valence-corrected chi connectivity index (χ3v) is 2.25. The lowest BCUT2D eigenvalue weighted by atomic mass is 10.1. The smallest absolute Gasteiger partial charge is 0.0917 e. The molecule has 0 radical (unpaired) electrons.